The molecule has 0 spiro atoms. The van der Waals surface area contributed by atoms with E-state index in [1.807, 2.05) is 30.5 Å². The molecular weight excluding hydrogens is 328 g/mol. The normalized spacial score (nSPS) is 10.3. The molecule has 0 atom stereocenters. The minimum atomic E-state index is 0.213. The zero-order chi connectivity index (χ0) is 17.5. The van der Waals surface area contributed by atoms with Gasteiger partial charge in [0.2, 0.25) is 0 Å². The highest BCUT2D eigenvalue weighted by Crippen LogP contribution is 2.30. The van der Waals surface area contributed by atoms with Crippen LogP contribution in [0.2, 0.25) is 0 Å². The molecular formula is C22H20O2S. The Labute approximate surface area is 152 Å². The Morgan fingerprint density at radius 3 is 1.96 bits per heavy atom. The molecule has 126 valence electrons. The molecule has 1 N–H and O–H groups in total. The summed E-state index contributed by atoms with van der Waals surface area (Å²) < 4.78 is 5.27. The van der Waals surface area contributed by atoms with Gasteiger partial charge in [0.05, 0.1) is 6.26 Å². The fraction of sp³-hybridized carbons (Fsp3) is 0.0909. The second kappa shape index (κ2) is 8.45. The standard InChI is InChI=1S/C12H10.C10H10O2S/c1-3-7-11(8-4-1)12-9-5-2-6-10-12;1-13-6-7-5-12-10-8(7)3-2-4-9(10)11/h1-10H;2-5,11H,6H2,1H3. The van der Waals surface area contributed by atoms with Crippen LogP contribution in [0.15, 0.2) is 89.5 Å². The highest BCUT2D eigenvalue weighted by atomic mass is 32.2. The van der Waals surface area contributed by atoms with E-state index >= 15 is 0 Å². The summed E-state index contributed by atoms with van der Waals surface area (Å²) in [5.74, 6) is 1.13. The topological polar surface area (TPSA) is 33.4 Å². The van der Waals surface area contributed by atoms with Crippen LogP contribution in [0.25, 0.3) is 22.1 Å². The molecule has 0 amide bonds. The first kappa shape index (κ1) is 17.2. The predicted octanol–water partition coefficient (Wildman–Crippen LogP) is 6.36. The van der Waals surface area contributed by atoms with E-state index in [9.17, 15) is 5.11 Å². The van der Waals surface area contributed by atoms with E-state index in [2.05, 4.69) is 48.5 Å². The maximum absolute atomic E-state index is 9.45. The molecule has 3 aromatic carbocycles. The van der Waals surface area contributed by atoms with Crippen molar-refractivity contribution in [1.82, 2.24) is 0 Å². The summed E-state index contributed by atoms with van der Waals surface area (Å²) in [5.41, 5.74) is 4.28. The monoisotopic (exact) mass is 348 g/mol. The van der Waals surface area contributed by atoms with E-state index in [1.54, 1.807) is 24.1 Å². The van der Waals surface area contributed by atoms with Crippen LogP contribution in [0, 0.1) is 0 Å². The number of thioether (sulfide) groups is 1. The second-order valence-corrected chi connectivity index (χ2v) is 6.45. The van der Waals surface area contributed by atoms with E-state index in [0.29, 0.717) is 5.58 Å². The summed E-state index contributed by atoms with van der Waals surface area (Å²) in [6, 6.07) is 26.2. The SMILES string of the molecule is CSCc1coc2c(O)cccc12.c1ccc(-c2ccccc2)cc1. The van der Waals surface area contributed by atoms with Crippen molar-refractivity contribution in [2.75, 3.05) is 6.26 Å². The van der Waals surface area contributed by atoms with Gasteiger partial charge in [0.15, 0.2) is 11.3 Å². The summed E-state index contributed by atoms with van der Waals surface area (Å²) in [4.78, 5) is 0. The lowest BCUT2D eigenvalue weighted by atomic mass is 10.1. The maximum atomic E-state index is 9.45. The molecule has 0 unspecified atom stereocenters. The molecule has 25 heavy (non-hydrogen) atoms. The molecule has 4 rings (SSSR count). The Hall–Kier alpha value is -2.65. The van der Waals surface area contributed by atoms with Gasteiger partial charge in [0.25, 0.3) is 0 Å². The first-order valence-corrected chi connectivity index (χ1v) is 9.46. The van der Waals surface area contributed by atoms with Gasteiger partial charge in [-0.25, -0.2) is 0 Å². The van der Waals surface area contributed by atoms with Crippen LogP contribution in [0.1, 0.15) is 5.56 Å². The quantitative estimate of drug-likeness (QED) is 0.468. The molecule has 2 nitrogen and oxygen atoms in total. The number of furan rings is 1. The zero-order valence-electron chi connectivity index (χ0n) is 14.1. The number of para-hydroxylation sites is 1. The van der Waals surface area contributed by atoms with Gasteiger partial charge >= 0.3 is 0 Å². The second-order valence-electron chi connectivity index (χ2n) is 5.58. The van der Waals surface area contributed by atoms with Crippen LogP contribution in [-0.2, 0) is 5.75 Å². The Kier molecular flexibility index (Phi) is 5.81. The lowest BCUT2D eigenvalue weighted by Gasteiger charge is -1.98. The van der Waals surface area contributed by atoms with Crippen LogP contribution < -0.4 is 0 Å². The third kappa shape index (κ3) is 4.25. The van der Waals surface area contributed by atoms with Crippen molar-refractivity contribution in [2.45, 2.75) is 5.75 Å². The Morgan fingerprint density at radius 2 is 1.40 bits per heavy atom. The predicted molar refractivity (Wildman–Crippen MR) is 107 cm³/mol. The van der Waals surface area contributed by atoms with Crippen molar-refractivity contribution in [3.8, 4) is 16.9 Å². The molecule has 1 aromatic heterocycles. The van der Waals surface area contributed by atoms with Crippen molar-refractivity contribution in [3.63, 3.8) is 0 Å². The third-order valence-electron chi connectivity index (χ3n) is 3.84. The summed E-state index contributed by atoms with van der Waals surface area (Å²) in [5, 5.41) is 10.5. The molecule has 0 radical (unpaired) electrons. The first-order chi connectivity index (χ1) is 12.3. The summed E-state index contributed by atoms with van der Waals surface area (Å²) in [6.45, 7) is 0. The van der Waals surface area contributed by atoms with E-state index in [-0.39, 0.29) is 5.75 Å². The van der Waals surface area contributed by atoms with Crippen LogP contribution in [0.4, 0.5) is 0 Å². The zero-order valence-corrected chi connectivity index (χ0v) is 14.9. The first-order valence-electron chi connectivity index (χ1n) is 8.07. The van der Waals surface area contributed by atoms with Crippen LogP contribution in [0.5, 0.6) is 5.75 Å². The third-order valence-corrected chi connectivity index (χ3v) is 4.44. The fourth-order valence-corrected chi connectivity index (χ4v) is 3.16. The fourth-order valence-electron chi connectivity index (χ4n) is 2.62. The van der Waals surface area contributed by atoms with Crippen molar-refractivity contribution in [3.05, 3.63) is 90.7 Å². The molecule has 0 saturated carbocycles. The number of fused-ring (bicyclic) bond motifs is 1. The van der Waals surface area contributed by atoms with Gasteiger partial charge in [-0.2, -0.15) is 11.8 Å². The molecule has 0 fully saturated rings. The van der Waals surface area contributed by atoms with Gasteiger partial charge in [-0.05, 0) is 23.4 Å². The number of rotatable bonds is 3. The van der Waals surface area contributed by atoms with Crippen molar-refractivity contribution in [2.24, 2.45) is 0 Å². The molecule has 0 bridgehead atoms. The molecule has 4 aromatic rings. The van der Waals surface area contributed by atoms with E-state index in [0.717, 1.165) is 16.7 Å². The lowest BCUT2D eigenvalue weighted by Crippen LogP contribution is -1.75. The van der Waals surface area contributed by atoms with E-state index in [1.165, 1.54) is 11.1 Å². The number of phenols is 1. The van der Waals surface area contributed by atoms with Crippen LogP contribution in [0.3, 0.4) is 0 Å². The van der Waals surface area contributed by atoms with Crippen LogP contribution >= 0.6 is 11.8 Å². The maximum Gasteiger partial charge on any atom is 0.175 e. The van der Waals surface area contributed by atoms with Crippen molar-refractivity contribution >= 4 is 22.7 Å². The van der Waals surface area contributed by atoms with Gasteiger partial charge in [0.1, 0.15) is 0 Å². The van der Waals surface area contributed by atoms with Crippen molar-refractivity contribution < 1.29 is 9.52 Å². The molecule has 1 heterocycles. The number of aromatic hydroxyl groups is 1. The highest BCUT2D eigenvalue weighted by Gasteiger charge is 2.07. The summed E-state index contributed by atoms with van der Waals surface area (Å²) in [6.07, 6.45) is 3.75. The van der Waals surface area contributed by atoms with Gasteiger partial charge < -0.3 is 9.52 Å². The largest absolute Gasteiger partial charge is 0.504 e. The van der Waals surface area contributed by atoms with Crippen LogP contribution in [-0.4, -0.2) is 11.4 Å². The summed E-state index contributed by atoms with van der Waals surface area (Å²) >= 11 is 1.74. The Balaban J connectivity index is 0.000000146. The van der Waals surface area contributed by atoms with Gasteiger partial charge in [-0.15, -0.1) is 0 Å². The van der Waals surface area contributed by atoms with Crippen molar-refractivity contribution in [1.29, 1.82) is 0 Å². The molecule has 3 heteroatoms. The molecule has 0 aliphatic rings. The Morgan fingerprint density at radius 1 is 0.800 bits per heavy atom. The van der Waals surface area contributed by atoms with Gasteiger partial charge in [-0.1, -0.05) is 72.8 Å². The average molecular weight is 348 g/mol. The van der Waals surface area contributed by atoms with Gasteiger partial charge in [-0.3, -0.25) is 0 Å². The number of phenolic OH excluding ortho intramolecular Hbond substituents is 1. The minimum absolute atomic E-state index is 0.213. The average Bonchev–Trinajstić information content (AvgIpc) is 3.09. The number of hydrogen-bond acceptors (Lipinski definition) is 3. The van der Waals surface area contributed by atoms with Gasteiger partial charge in [0, 0.05) is 16.7 Å². The lowest BCUT2D eigenvalue weighted by molar-refractivity contribution is 0.465. The molecule has 0 aliphatic heterocycles. The molecule has 0 saturated heterocycles. The molecule has 0 aliphatic carbocycles. The van der Waals surface area contributed by atoms with E-state index in [4.69, 9.17) is 4.42 Å². The highest BCUT2D eigenvalue weighted by molar-refractivity contribution is 7.97. The summed E-state index contributed by atoms with van der Waals surface area (Å²) in [7, 11) is 0. The smallest absolute Gasteiger partial charge is 0.175 e. The Bertz CT molecular complexity index is 877. The number of benzene rings is 3. The number of hydrogen-bond donors (Lipinski definition) is 1. The van der Waals surface area contributed by atoms with E-state index < -0.39 is 0 Å². The minimum Gasteiger partial charge on any atom is -0.504 e.